The number of benzene rings is 1. The Hall–Kier alpha value is -1.75. The zero-order valence-electron chi connectivity index (χ0n) is 7.50. The third-order valence-electron chi connectivity index (χ3n) is 1.61. The number of rotatable bonds is 3. The second kappa shape index (κ2) is 4.32. The third-order valence-corrected chi connectivity index (χ3v) is 1.61. The molecule has 0 unspecified atom stereocenters. The number of nitrogens with zero attached hydrogens (tertiary/aromatic N) is 1. The van der Waals surface area contributed by atoms with E-state index in [-0.39, 0.29) is 0 Å². The molecular weight excluding hydrogens is 162 g/mol. The van der Waals surface area contributed by atoms with Gasteiger partial charge < -0.3 is 4.74 Å². The molecule has 0 aromatic heterocycles. The van der Waals surface area contributed by atoms with Crippen LogP contribution in [0.5, 0.6) is 5.75 Å². The Kier molecular flexibility index (Phi) is 3.10. The maximum Gasteiger partial charge on any atom is 0.144 e. The van der Waals surface area contributed by atoms with Crippen molar-refractivity contribution in [1.29, 1.82) is 5.26 Å². The lowest BCUT2D eigenvalue weighted by Gasteiger charge is -2.07. The summed E-state index contributed by atoms with van der Waals surface area (Å²) >= 11 is 0. The quantitative estimate of drug-likeness (QED) is 0.700. The first-order valence-corrected chi connectivity index (χ1v) is 4.02. The Balaban J connectivity index is 3.22. The Labute approximate surface area is 78.1 Å². The number of hydrogen-bond donors (Lipinski definition) is 0. The fourth-order valence-corrected chi connectivity index (χ4v) is 1.06. The lowest BCUT2D eigenvalue weighted by Crippen LogP contribution is -1.96. The highest BCUT2D eigenvalue weighted by atomic mass is 16.5. The van der Waals surface area contributed by atoms with Crippen LogP contribution in [0.3, 0.4) is 0 Å². The number of hydrogen-bond acceptors (Lipinski definition) is 2. The predicted molar refractivity (Wildman–Crippen MR) is 50.3 cm³/mol. The zero-order valence-corrected chi connectivity index (χ0v) is 7.50. The number of nitriles is 1. The van der Waals surface area contributed by atoms with E-state index in [0.717, 1.165) is 5.56 Å². The Morgan fingerprint density at radius 2 is 2.15 bits per heavy atom. The molecule has 0 aliphatic carbocycles. The van der Waals surface area contributed by atoms with Gasteiger partial charge in [-0.3, -0.25) is 0 Å². The van der Waals surface area contributed by atoms with Gasteiger partial charge in [0.2, 0.25) is 0 Å². The van der Waals surface area contributed by atoms with Crippen LogP contribution in [0.4, 0.5) is 0 Å². The van der Waals surface area contributed by atoms with E-state index in [1.54, 1.807) is 12.1 Å². The van der Waals surface area contributed by atoms with Crippen LogP contribution < -0.4 is 4.74 Å². The highest BCUT2D eigenvalue weighted by Crippen LogP contribution is 2.23. The first kappa shape index (κ1) is 9.34. The molecular formula is C11H10NO. The summed E-state index contributed by atoms with van der Waals surface area (Å²) < 4.78 is 5.32. The SMILES string of the molecule is C=[C]c1cccc(C#N)c1OCC. The average Bonchev–Trinajstić information content (AvgIpc) is 2.18. The van der Waals surface area contributed by atoms with Crippen LogP contribution in [0.15, 0.2) is 24.8 Å². The highest BCUT2D eigenvalue weighted by molar-refractivity contribution is 5.50. The Morgan fingerprint density at radius 1 is 1.46 bits per heavy atom. The molecule has 13 heavy (non-hydrogen) atoms. The summed E-state index contributed by atoms with van der Waals surface area (Å²) in [5.74, 6) is 0.572. The van der Waals surface area contributed by atoms with Crippen molar-refractivity contribution in [2.45, 2.75) is 6.92 Å². The molecule has 2 nitrogen and oxygen atoms in total. The second-order valence-electron chi connectivity index (χ2n) is 2.40. The molecule has 0 saturated heterocycles. The third kappa shape index (κ3) is 1.88. The molecule has 1 radical (unpaired) electrons. The van der Waals surface area contributed by atoms with Crippen molar-refractivity contribution in [3.8, 4) is 11.8 Å². The van der Waals surface area contributed by atoms with Gasteiger partial charge in [-0.1, -0.05) is 18.7 Å². The summed E-state index contributed by atoms with van der Waals surface area (Å²) in [6.07, 6.45) is 2.73. The van der Waals surface area contributed by atoms with Gasteiger partial charge in [0.25, 0.3) is 0 Å². The molecule has 2 heteroatoms. The molecule has 1 aromatic carbocycles. The van der Waals surface area contributed by atoms with Crippen LogP contribution in [0, 0.1) is 17.4 Å². The monoisotopic (exact) mass is 172 g/mol. The lowest BCUT2D eigenvalue weighted by molar-refractivity contribution is 0.338. The molecule has 65 valence electrons. The molecule has 0 atom stereocenters. The second-order valence-corrected chi connectivity index (χ2v) is 2.40. The molecule has 0 spiro atoms. The van der Waals surface area contributed by atoms with Crippen molar-refractivity contribution in [2.24, 2.45) is 0 Å². The minimum absolute atomic E-state index is 0.524. The van der Waals surface area contributed by atoms with Crippen LogP contribution in [-0.2, 0) is 0 Å². The summed E-state index contributed by atoms with van der Waals surface area (Å²) in [6, 6.07) is 7.38. The van der Waals surface area contributed by atoms with Gasteiger partial charge in [0.1, 0.15) is 11.8 Å². The van der Waals surface area contributed by atoms with Gasteiger partial charge in [0, 0.05) is 5.56 Å². The van der Waals surface area contributed by atoms with Crippen molar-refractivity contribution >= 4 is 0 Å². The minimum atomic E-state index is 0.524. The van der Waals surface area contributed by atoms with Crippen LogP contribution in [0.2, 0.25) is 0 Å². The summed E-state index contributed by atoms with van der Waals surface area (Å²) in [5.41, 5.74) is 1.26. The largest absolute Gasteiger partial charge is 0.492 e. The molecule has 0 amide bonds. The van der Waals surface area contributed by atoms with E-state index in [9.17, 15) is 0 Å². The van der Waals surface area contributed by atoms with Gasteiger partial charge in [-0.15, -0.1) is 0 Å². The highest BCUT2D eigenvalue weighted by Gasteiger charge is 2.05. The van der Waals surface area contributed by atoms with E-state index in [4.69, 9.17) is 10.00 Å². The average molecular weight is 172 g/mol. The van der Waals surface area contributed by atoms with Gasteiger partial charge in [0.15, 0.2) is 0 Å². The normalized spacial score (nSPS) is 8.92. The Bertz CT molecular complexity index is 350. The van der Waals surface area contributed by atoms with Gasteiger partial charge >= 0.3 is 0 Å². The van der Waals surface area contributed by atoms with E-state index in [2.05, 4.69) is 18.7 Å². The van der Waals surface area contributed by atoms with E-state index < -0.39 is 0 Å². The molecule has 0 saturated carbocycles. The predicted octanol–water partition coefficient (Wildman–Crippen LogP) is 2.29. The molecule has 0 aliphatic rings. The molecule has 0 bridgehead atoms. The summed E-state index contributed by atoms with van der Waals surface area (Å²) in [4.78, 5) is 0. The lowest BCUT2D eigenvalue weighted by atomic mass is 10.1. The van der Waals surface area contributed by atoms with Crippen LogP contribution >= 0.6 is 0 Å². The smallest absolute Gasteiger partial charge is 0.144 e. The number of para-hydroxylation sites is 1. The maximum absolute atomic E-state index is 8.79. The molecule has 1 aromatic rings. The van der Waals surface area contributed by atoms with Gasteiger partial charge in [-0.2, -0.15) is 5.26 Å². The van der Waals surface area contributed by atoms with Crippen LogP contribution in [0.25, 0.3) is 0 Å². The Morgan fingerprint density at radius 3 is 2.69 bits per heavy atom. The fraction of sp³-hybridized carbons (Fsp3) is 0.182. The summed E-state index contributed by atoms with van der Waals surface area (Å²) in [7, 11) is 0. The molecule has 0 aliphatic heterocycles. The first-order chi connectivity index (χ1) is 6.33. The van der Waals surface area contributed by atoms with Crippen molar-refractivity contribution < 1.29 is 4.74 Å². The van der Waals surface area contributed by atoms with Crippen molar-refractivity contribution in [3.63, 3.8) is 0 Å². The van der Waals surface area contributed by atoms with E-state index in [0.29, 0.717) is 17.9 Å². The topological polar surface area (TPSA) is 33.0 Å². The zero-order chi connectivity index (χ0) is 9.68. The molecule has 1 rings (SSSR count). The van der Waals surface area contributed by atoms with Gasteiger partial charge in [0.05, 0.1) is 12.2 Å². The number of ether oxygens (including phenoxy) is 1. The van der Waals surface area contributed by atoms with Crippen molar-refractivity contribution in [1.82, 2.24) is 0 Å². The van der Waals surface area contributed by atoms with Gasteiger partial charge in [-0.25, -0.2) is 0 Å². The van der Waals surface area contributed by atoms with Gasteiger partial charge in [-0.05, 0) is 19.1 Å². The maximum atomic E-state index is 8.79. The van der Waals surface area contributed by atoms with E-state index >= 15 is 0 Å². The van der Waals surface area contributed by atoms with Crippen molar-refractivity contribution in [3.05, 3.63) is 42.0 Å². The molecule has 0 heterocycles. The van der Waals surface area contributed by atoms with Crippen LogP contribution in [-0.4, -0.2) is 6.61 Å². The van der Waals surface area contributed by atoms with E-state index in [1.165, 1.54) is 0 Å². The summed E-state index contributed by atoms with van der Waals surface area (Å²) in [6.45, 7) is 5.95. The fourth-order valence-electron chi connectivity index (χ4n) is 1.06. The molecule has 0 fully saturated rings. The molecule has 0 N–H and O–H groups in total. The van der Waals surface area contributed by atoms with E-state index in [1.807, 2.05) is 13.0 Å². The first-order valence-electron chi connectivity index (χ1n) is 4.02. The minimum Gasteiger partial charge on any atom is -0.492 e. The van der Waals surface area contributed by atoms with Crippen molar-refractivity contribution in [2.75, 3.05) is 6.61 Å². The van der Waals surface area contributed by atoms with Crippen LogP contribution in [0.1, 0.15) is 18.1 Å². The standard InChI is InChI=1S/C11H10NO/c1-3-9-6-5-7-10(8-12)11(9)13-4-2/h5-7H,1,4H2,2H3. The summed E-state index contributed by atoms with van der Waals surface area (Å²) in [5, 5.41) is 8.79.